The first-order chi connectivity index (χ1) is 27.6. The molecule has 8 aromatic rings. The minimum Gasteiger partial charge on any atom is -0.377 e. The van der Waals surface area contributed by atoms with Crippen molar-refractivity contribution in [3.05, 3.63) is 142 Å². The highest BCUT2D eigenvalue weighted by molar-refractivity contribution is 8.76. The van der Waals surface area contributed by atoms with E-state index < -0.39 is 0 Å². The third-order valence-corrected chi connectivity index (χ3v) is 13.4. The van der Waals surface area contributed by atoms with E-state index in [9.17, 15) is 0 Å². The predicted octanol–water partition coefficient (Wildman–Crippen LogP) is 11.4. The van der Waals surface area contributed by atoms with Gasteiger partial charge in [0.2, 0.25) is 0 Å². The van der Waals surface area contributed by atoms with E-state index in [0.717, 1.165) is 56.4 Å². The molecule has 0 saturated carbocycles. The van der Waals surface area contributed by atoms with Gasteiger partial charge >= 0.3 is 0 Å². The molecule has 0 aliphatic rings. The Labute approximate surface area is 352 Å². The second kappa shape index (κ2) is 16.5. The zero-order chi connectivity index (χ0) is 39.8. The van der Waals surface area contributed by atoms with E-state index in [-0.39, 0.29) is 0 Å². The maximum atomic E-state index is 6.53. The number of rotatable bonds is 12. The van der Waals surface area contributed by atoms with Gasteiger partial charge in [-0.05, 0) is 81.2 Å². The molecule has 0 radical (unpaired) electrons. The van der Waals surface area contributed by atoms with E-state index in [0.29, 0.717) is 0 Å². The lowest BCUT2D eigenvalue weighted by Gasteiger charge is -2.16. The average molecular weight is 830 g/mol. The molecule has 0 saturated heterocycles. The van der Waals surface area contributed by atoms with Crippen LogP contribution in [0.4, 0.5) is 11.4 Å². The van der Waals surface area contributed by atoms with Crippen LogP contribution in [0.5, 0.6) is 0 Å². The van der Waals surface area contributed by atoms with Gasteiger partial charge in [-0.1, -0.05) is 94.7 Å². The molecule has 0 fully saturated rings. The van der Waals surface area contributed by atoms with Gasteiger partial charge in [0.25, 0.3) is 11.6 Å². The van der Waals surface area contributed by atoms with Crippen LogP contribution < -0.4 is 18.9 Å². The molecule has 0 amide bonds. The SMILES string of the molecule is CN(C)c1ccc(/C=C/c2n(C)c3cc(Cl)ccc3[n+]2CCSSC[n+]2c(/C=C/c3ccc(N(C)C)c4ccccc34)n(C)c3cc(Cl)ccc32)c2ccccc12. The first kappa shape index (κ1) is 39.0. The summed E-state index contributed by atoms with van der Waals surface area (Å²) >= 11 is 13.1. The number of hydrogen-bond acceptors (Lipinski definition) is 4. The minimum absolute atomic E-state index is 0.732. The zero-order valence-electron chi connectivity index (χ0n) is 33.1. The van der Waals surface area contributed by atoms with Crippen molar-refractivity contribution in [3.8, 4) is 0 Å². The molecule has 0 aliphatic heterocycles. The lowest BCUT2D eigenvalue weighted by Crippen LogP contribution is -2.37. The van der Waals surface area contributed by atoms with E-state index in [4.69, 9.17) is 23.2 Å². The average Bonchev–Trinajstić information content (AvgIpc) is 3.62. The van der Waals surface area contributed by atoms with Crippen LogP contribution in [-0.2, 0) is 26.5 Å². The topological polar surface area (TPSA) is 24.1 Å². The van der Waals surface area contributed by atoms with Crippen molar-refractivity contribution in [1.29, 1.82) is 0 Å². The Hall–Kier alpha value is -4.86. The normalized spacial score (nSPS) is 12.1. The molecule has 2 aromatic heterocycles. The molecule has 0 N–H and O–H groups in total. The summed E-state index contributed by atoms with van der Waals surface area (Å²) in [5.74, 6) is 3.94. The number of fused-ring (bicyclic) bond motifs is 4. The molecular formula is C47H46Cl2N6S2+2. The van der Waals surface area contributed by atoms with Gasteiger partial charge in [-0.25, -0.2) is 18.3 Å². The fraction of sp³-hybridized carbons (Fsp3) is 0.191. The Balaban J connectivity index is 1.05. The largest absolute Gasteiger partial charge is 0.377 e. The first-order valence-electron chi connectivity index (χ1n) is 18.9. The van der Waals surface area contributed by atoms with Crippen LogP contribution >= 0.6 is 44.8 Å². The van der Waals surface area contributed by atoms with Crippen LogP contribution in [0.3, 0.4) is 0 Å². The fourth-order valence-corrected chi connectivity index (χ4v) is 10.2. The predicted molar refractivity (Wildman–Crippen MR) is 251 cm³/mol. The molecule has 288 valence electrons. The highest BCUT2D eigenvalue weighted by Gasteiger charge is 2.23. The summed E-state index contributed by atoms with van der Waals surface area (Å²) < 4.78 is 9.30. The summed E-state index contributed by atoms with van der Waals surface area (Å²) in [4.78, 5) is 4.34. The number of anilines is 2. The van der Waals surface area contributed by atoms with Crippen LogP contribution in [-0.4, -0.2) is 43.1 Å². The van der Waals surface area contributed by atoms with Gasteiger partial charge < -0.3 is 9.80 Å². The van der Waals surface area contributed by atoms with Gasteiger partial charge in [-0.2, -0.15) is 0 Å². The Bertz CT molecular complexity index is 2660. The van der Waals surface area contributed by atoms with Crippen molar-refractivity contribution in [2.45, 2.75) is 12.4 Å². The molecule has 0 bridgehead atoms. The van der Waals surface area contributed by atoms with E-state index in [1.54, 1.807) is 0 Å². The van der Waals surface area contributed by atoms with Crippen molar-refractivity contribution >= 4 is 124 Å². The molecular weight excluding hydrogens is 784 g/mol. The summed E-state index contributed by atoms with van der Waals surface area (Å²) in [5.41, 5.74) is 9.33. The maximum absolute atomic E-state index is 6.53. The van der Waals surface area contributed by atoms with Crippen LogP contribution in [0.25, 0.3) is 67.9 Å². The third-order valence-electron chi connectivity index (χ3n) is 10.7. The molecule has 8 rings (SSSR count). The van der Waals surface area contributed by atoms with Gasteiger partial charge in [0.05, 0.1) is 14.1 Å². The molecule has 6 nitrogen and oxygen atoms in total. The van der Waals surface area contributed by atoms with E-state index >= 15 is 0 Å². The summed E-state index contributed by atoms with van der Waals surface area (Å²) in [6.07, 6.45) is 8.97. The van der Waals surface area contributed by atoms with Crippen molar-refractivity contribution in [2.24, 2.45) is 14.1 Å². The summed E-state index contributed by atoms with van der Waals surface area (Å²) in [6, 6.07) is 38.5. The smallest absolute Gasteiger partial charge is 0.282 e. The van der Waals surface area contributed by atoms with Crippen LogP contribution in [0.1, 0.15) is 22.8 Å². The first-order valence-corrected chi connectivity index (χ1v) is 22.2. The molecule has 0 spiro atoms. The Morgan fingerprint density at radius 1 is 0.544 bits per heavy atom. The Morgan fingerprint density at radius 3 is 1.49 bits per heavy atom. The van der Waals surface area contributed by atoms with Crippen molar-refractivity contribution in [1.82, 2.24) is 9.13 Å². The molecule has 0 aliphatic carbocycles. The summed E-state index contributed by atoms with van der Waals surface area (Å²) in [6.45, 7) is 0.842. The van der Waals surface area contributed by atoms with Crippen molar-refractivity contribution in [3.63, 3.8) is 0 Å². The number of aromatic nitrogens is 4. The monoisotopic (exact) mass is 828 g/mol. The maximum Gasteiger partial charge on any atom is 0.282 e. The lowest BCUT2D eigenvalue weighted by molar-refractivity contribution is -0.669. The number of benzene rings is 6. The molecule has 57 heavy (non-hydrogen) atoms. The Kier molecular flexibility index (Phi) is 11.3. The van der Waals surface area contributed by atoms with Gasteiger partial charge in [-0.15, -0.1) is 0 Å². The fourth-order valence-electron chi connectivity index (χ4n) is 7.91. The summed E-state index contributed by atoms with van der Waals surface area (Å²) in [7, 11) is 16.4. The molecule has 0 unspecified atom stereocenters. The van der Waals surface area contributed by atoms with Gasteiger partial charge in [0.1, 0.15) is 12.4 Å². The van der Waals surface area contributed by atoms with E-state index in [1.807, 2.05) is 33.7 Å². The highest BCUT2D eigenvalue weighted by atomic mass is 35.5. The number of imidazole rings is 2. The van der Waals surface area contributed by atoms with Crippen LogP contribution in [0.2, 0.25) is 10.0 Å². The molecule has 10 heteroatoms. The molecule has 6 aromatic carbocycles. The number of aryl methyl sites for hydroxylation is 3. The van der Waals surface area contributed by atoms with Crippen molar-refractivity contribution < 1.29 is 9.13 Å². The van der Waals surface area contributed by atoms with Crippen LogP contribution in [0, 0.1) is 0 Å². The number of halogens is 2. The minimum atomic E-state index is 0.732. The van der Waals surface area contributed by atoms with E-state index in [1.165, 1.54) is 49.6 Å². The number of hydrogen-bond donors (Lipinski definition) is 0. The molecule has 2 heterocycles. The van der Waals surface area contributed by atoms with E-state index in [2.05, 4.69) is 192 Å². The summed E-state index contributed by atoms with van der Waals surface area (Å²) in [5, 5.41) is 6.42. The van der Waals surface area contributed by atoms with Gasteiger partial charge in [0, 0.05) is 90.4 Å². The second-order valence-electron chi connectivity index (χ2n) is 14.6. The number of nitrogens with zero attached hydrogens (tertiary/aromatic N) is 6. The van der Waals surface area contributed by atoms with Gasteiger partial charge in [-0.3, -0.25) is 0 Å². The zero-order valence-corrected chi connectivity index (χ0v) is 36.2. The lowest BCUT2D eigenvalue weighted by atomic mass is 10.0. The standard InChI is InChI=1S/C47H46Cl2N6S2/c1-50(2)40-21-15-32(36-11-7-9-13-38(36)40)17-25-46-52(5)44-29-34(48)19-23-42(44)54(46)27-28-56-57-31-55-43-24-20-35(49)30-45(43)53(6)47(55)26-18-33-16-22-41(51(3)4)39-14-10-8-12-37(33)39/h7-26,29-30H,27-28,31H2,1-6H3/q+2. The Morgan fingerprint density at radius 2 is 1.00 bits per heavy atom. The van der Waals surface area contributed by atoms with Crippen molar-refractivity contribution in [2.75, 3.05) is 43.7 Å². The molecule has 0 atom stereocenters. The second-order valence-corrected chi connectivity index (χ2v) is 18.1. The van der Waals surface area contributed by atoms with Gasteiger partial charge in [0.15, 0.2) is 22.1 Å². The van der Waals surface area contributed by atoms with Crippen LogP contribution in [0.15, 0.2) is 109 Å². The third kappa shape index (κ3) is 7.64. The quantitative estimate of drug-likeness (QED) is 0.0695. The highest BCUT2D eigenvalue weighted by Crippen LogP contribution is 2.32.